The van der Waals surface area contributed by atoms with Crippen LogP contribution in [0.1, 0.15) is 12.6 Å². The number of aromatic nitrogens is 3. The molecule has 3 nitrogen and oxygen atoms in total. The summed E-state index contributed by atoms with van der Waals surface area (Å²) in [6.45, 7) is 2.10. The van der Waals surface area contributed by atoms with Crippen molar-refractivity contribution in [2.24, 2.45) is 0 Å². The summed E-state index contributed by atoms with van der Waals surface area (Å²) in [7, 11) is 0. The first-order valence-electron chi connectivity index (χ1n) is 4.35. The van der Waals surface area contributed by atoms with Crippen LogP contribution in [0.25, 0.3) is 11.3 Å². The summed E-state index contributed by atoms with van der Waals surface area (Å²) in [6.07, 6.45) is 4.56. The molecule has 0 fully saturated rings. The van der Waals surface area contributed by atoms with Gasteiger partial charge in [0.25, 0.3) is 0 Å². The van der Waals surface area contributed by atoms with Crippen LogP contribution < -0.4 is 0 Å². The third kappa shape index (κ3) is 1.59. The summed E-state index contributed by atoms with van der Waals surface area (Å²) in [5, 5.41) is 7.17. The molecule has 2 aromatic heterocycles. The van der Waals surface area contributed by atoms with Crippen molar-refractivity contribution in [1.82, 2.24) is 15.2 Å². The van der Waals surface area contributed by atoms with E-state index in [0.29, 0.717) is 0 Å². The van der Waals surface area contributed by atoms with Gasteiger partial charge in [-0.15, -0.1) is 0 Å². The van der Waals surface area contributed by atoms with Crippen LogP contribution in [0.2, 0.25) is 0 Å². The van der Waals surface area contributed by atoms with Crippen LogP contribution in [0.4, 0.5) is 0 Å². The Bertz CT molecular complexity index is 378. The first-order chi connectivity index (χ1) is 6.40. The molecule has 0 aliphatic heterocycles. The predicted octanol–water partition coefficient (Wildman–Crippen LogP) is 2.03. The number of nitrogens with one attached hydrogen (secondary N) is 1. The second kappa shape index (κ2) is 3.39. The highest BCUT2D eigenvalue weighted by Crippen LogP contribution is 2.15. The predicted molar refractivity (Wildman–Crippen MR) is 51.2 cm³/mol. The molecule has 0 unspecified atom stereocenters. The number of nitrogens with zero attached hydrogens (tertiary/aromatic N) is 2. The summed E-state index contributed by atoms with van der Waals surface area (Å²) in [4.78, 5) is 4.04. The number of hydrogen-bond acceptors (Lipinski definition) is 2. The molecular weight excluding hydrogens is 162 g/mol. The van der Waals surface area contributed by atoms with Crippen molar-refractivity contribution in [3.05, 3.63) is 36.3 Å². The summed E-state index contributed by atoms with van der Waals surface area (Å²) < 4.78 is 0. The highest BCUT2D eigenvalue weighted by molar-refractivity contribution is 5.57. The van der Waals surface area contributed by atoms with Gasteiger partial charge >= 0.3 is 0 Å². The molecule has 0 saturated heterocycles. The third-order valence-electron chi connectivity index (χ3n) is 1.97. The second-order valence-electron chi connectivity index (χ2n) is 2.87. The first-order valence-corrected chi connectivity index (χ1v) is 4.35. The van der Waals surface area contributed by atoms with E-state index in [2.05, 4.69) is 28.2 Å². The van der Waals surface area contributed by atoms with Gasteiger partial charge in [0.1, 0.15) is 0 Å². The van der Waals surface area contributed by atoms with Gasteiger partial charge in [-0.05, 0) is 24.6 Å². The molecular formula is C10H11N3. The lowest BCUT2D eigenvalue weighted by Gasteiger charge is -1.91. The summed E-state index contributed by atoms with van der Waals surface area (Å²) in [5.41, 5.74) is 3.17. The number of hydrogen-bond donors (Lipinski definition) is 1. The molecule has 0 saturated carbocycles. The van der Waals surface area contributed by atoms with E-state index in [9.17, 15) is 0 Å². The molecule has 13 heavy (non-hydrogen) atoms. The van der Waals surface area contributed by atoms with Crippen molar-refractivity contribution >= 4 is 0 Å². The van der Waals surface area contributed by atoms with Crippen LogP contribution in [-0.4, -0.2) is 15.2 Å². The fraction of sp³-hybridized carbons (Fsp3) is 0.200. The molecule has 3 heteroatoms. The van der Waals surface area contributed by atoms with E-state index in [1.807, 2.05) is 18.3 Å². The van der Waals surface area contributed by atoms with E-state index in [0.717, 1.165) is 23.4 Å². The second-order valence-corrected chi connectivity index (χ2v) is 2.87. The Morgan fingerprint density at radius 3 is 3.00 bits per heavy atom. The van der Waals surface area contributed by atoms with E-state index in [-0.39, 0.29) is 0 Å². The lowest BCUT2D eigenvalue weighted by molar-refractivity contribution is 0.976. The van der Waals surface area contributed by atoms with Crippen molar-refractivity contribution in [2.75, 3.05) is 0 Å². The lowest BCUT2D eigenvalue weighted by atomic mass is 10.2. The quantitative estimate of drug-likeness (QED) is 0.755. The van der Waals surface area contributed by atoms with Crippen molar-refractivity contribution in [2.45, 2.75) is 13.3 Å². The van der Waals surface area contributed by atoms with Gasteiger partial charge in [-0.3, -0.25) is 10.1 Å². The Morgan fingerprint density at radius 2 is 2.38 bits per heavy atom. The standard InChI is InChI=1S/C10H11N3/c1-2-9-6-10(13-12-9)8-4-3-5-11-7-8/h3-7H,2H2,1H3,(H,12,13). The maximum Gasteiger partial charge on any atom is 0.0938 e. The lowest BCUT2D eigenvalue weighted by Crippen LogP contribution is -1.78. The average Bonchev–Trinajstić information content (AvgIpc) is 2.67. The largest absolute Gasteiger partial charge is 0.282 e. The number of H-pyrrole nitrogens is 1. The fourth-order valence-corrected chi connectivity index (χ4v) is 1.20. The number of aryl methyl sites for hydroxylation is 1. The van der Waals surface area contributed by atoms with Crippen molar-refractivity contribution in [3.63, 3.8) is 0 Å². The van der Waals surface area contributed by atoms with Crippen LogP contribution in [0.5, 0.6) is 0 Å². The smallest absolute Gasteiger partial charge is 0.0938 e. The fourth-order valence-electron chi connectivity index (χ4n) is 1.20. The molecule has 1 N–H and O–H groups in total. The van der Waals surface area contributed by atoms with Gasteiger partial charge in [-0.2, -0.15) is 5.10 Å². The molecule has 0 aliphatic carbocycles. The van der Waals surface area contributed by atoms with Gasteiger partial charge < -0.3 is 0 Å². The zero-order valence-electron chi connectivity index (χ0n) is 7.49. The molecule has 0 aromatic carbocycles. The van der Waals surface area contributed by atoms with Crippen molar-refractivity contribution in [3.8, 4) is 11.3 Å². The zero-order valence-corrected chi connectivity index (χ0v) is 7.49. The van der Waals surface area contributed by atoms with Gasteiger partial charge in [0.05, 0.1) is 5.69 Å². The molecule has 0 bridgehead atoms. The van der Waals surface area contributed by atoms with E-state index >= 15 is 0 Å². The SMILES string of the molecule is CCc1cc(-c2cccnc2)n[nH]1. The Morgan fingerprint density at radius 1 is 1.46 bits per heavy atom. The number of rotatable bonds is 2. The summed E-state index contributed by atoms with van der Waals surface area (Å²) in [5.74, 6) is 0. The van der Waals surface area contributed by atoms with Gasteiger partial charge in [0.15, 0.2) is 0 Å². The minimum Gasteiger partial charge on any atom is -0.282 e. The molecule has 2 aromatic rings. The number of aromatic amines is 1. The molecule has 2 heterocycles. The van der Waals surface area contributed by atoms with E-state index in [1.54, 1.807) is 6.20 Å². The maximum atomic E-state index is 4.19. The molecule has 2 rings (SSSR count). The molecule has 0 atom stereocenters. The van der Waals surface area contributed by atoms with Gasteiger partial charge in [-0.1, -0.05) is 6.92 Å². The van der Waals surface area contributed by atoms with Crippen LogP contribution >= 0.6 is 0 Å². The van der Waals surface area contributed by atoms with Crippen molar-refractivity contribution in [1.29, 1.82) is 0 Å². The highest BCUT2D eigenvalue weighted by Gasteiger charge is 2.01. The van der Waals surface area contributed by atoms with Crippen LogP contribution in [0.15, 0.2) is 30.6 Å². The molecule has 0 amide bonds. The van der Waals surface area contributed by atoms with Crippen LogP contribution in [-0.2, 0) is 6.42 Å². The minimum atomic E-state index is 0.963. The van der Waals surface area contributed by atoms with E-state index < -0.39 is 0 Å². The number of pyridine rings is 1. The Kier molecular flexibility index (Phi) is 2.08. The van der Waals surface area contributed by atoms with Crippen molar-refractivity contribution < 1.29 is 0 Å². The molecule has 0 radical (unpaired) electrons. The normalized spacial score (nSPS) is 10.2. The highest BCUT2D eigenvalue weighted by atomic mass is 15.1. The Labute approximate surface area is 76.8 Å². The van der Waals surface area contributed by atoms with Crippen LogP contribution in [0, 0.1) is 0 Å². The Balaban J connectivity index is 2.36. The topological polar surface area (TPSA) is 41.6 Å². The van der Waals surface area contributed by atoms with E-state index in [1.165, 1.54) is 0 Å². The average molecular weight is 173 g/mol. The molecule has 0 aliphatic rings. The Hall–Kier alpha value is -1.64. The maximum absolute atomic E-state index is 4.19. The van der Waals surface area contributed by atoms with Gasteiger partial charge in [0.2, 0.25) is 0 Å². The summed E-state index contributed by atoms with van der Waals surface area (Å²) in [6, 6.07) is 5.97. The van der Waals surface area contributed by atoms with Crippen LogP contribution in [0.3, 0.4) is 0 Å². The third-order valence-corrected chi connectivity index (χ3v) is 1.97. The monoisotopic (exact) mass is 173 g/mol. The first kappa shape index (κ1) is 7.98. The zero-order chi connectivity index (χ0) is 9.10. The van der Waals surface area contributed by atoms with Gasteiger partial charge in [-0.25, -0.2) is 0 Å². The van der Waals surface area contributed by atoms with Gasteiger partial charge in [0, 0.05) is 23.7 Å². The summed E-state index contributed by atoms with van der Waals surface area (Å²) >= 11 is 0. The minimum absolute atomic E-state index is 0.963. The van der Waals surface area contributed by atoms with E-state index in [4.69, 9.17) is 0 Å². The molecule has 66 valence electrons. The molecule has 0 spiro atoms.